The first kappa shape index (κ1) is 19.8. The fourth-order valence-corrected chi connectivity index (χ4v) is 5.42. The highest BCUT2D eigenvalue weighted by molar-refractivity contribution is 7.99. The number of carbonyl (C=O) groups is 1. The van der Waals surface area contributed by atoms with E-state index in [0.29, 0.717) is 42.4 Å². The smallest absolute Gasteiger partial charge is 0.263 e. The van der Waals surface area contributed by atoms with Crippen molar-refractivity contribution in [2.45, 2.75) is 25.4 Å². The van der Waals surface area contributed by atoms with E-state index in [0.717, 1.165) is 0 Å². The molecule has 0 aliphatic carbocycles. The first-order chi connectivity index (χ1) is 12.8. The van der Waals surface area contributed by atoms with Crippen molar-refractivity contribution in [3.63, 3.8) is 0 Å². The van der Waals surface area contributed by atoms with Gasteiger partial charge in [-0.25, -0.2) is 12.8 Å². The van der Waals surface area contributed by atoms with Crippen LogP contribution >= 0.6 is 11.8 Å². The molecule has 1 aliphatic rings. The second-order valence-corrected chi connectivity index (χ2v) is 9.22. The number of sulfonamides is 1. The van der Waals surface area contributed by atoms with Crippen LogP contribution in [-0.4, -0.2) is 53.0 Å². The number of anilines is 1. The van der Waals surface area contributed by atoms with E-state index in [1.54, 1.807) is 18.7 Å². The predicted octanol–water partition coefficient (Wildman–Crippen LogP) is 2.34. The van der Waals surface area contributed by atoms with Gasteiger partial charge in [-0.15, -0.1) is 0 Å². The maximum atomic E-state index is 13.4. The Bertz CT molecular complexity index is 953. The largest absolute Gasteiger partial charge is 0.322 e. The van der Waals surface area contributed by atoms with Crippen molar-refractivity contribution in [2.24, 2.45) is 0 Å². The number of thioether (sulfide) groups is 1. The van der Waals surface area contributed by atoms with Gasteiger partial charge in [0.1, 0.15) is 5.82 Å². The Morgan fingerprint density at radius 2 is 2.04 bits per heavy atom. The fourth-order valence-electron chi connectivity index (χ4n) is 2.74. The summed E-state index contributed by atoms with van der Waals surface area (Å²) in [7, 11) is -3.87. The summed E-state index contributed by atoms with van der Waals surface area (Å²) in [4.78, 5) is 12.7. The number of aryl methyl sites for hydroxylation is 2. The molecule has 0 saturated carbocycles. The van der Waals surface area contributed by atoms with Crippen LogP contribution in [-0.2, 0) is 16.6 Å². The summed E-state index contributed by atoms with van der Waals surface area (Å²) in [6.07, 6.45) is 1.43. The summed E-state index contributed by atoms with van der Waals surface area (Å²) in [5, 5.41) is 6.52. The van der Waals surface area contributed by atoms with Gasteiger partial charge < -0.3 is 5.32 Å². The molecule has 1 fully saturated rings. The number of carbonyl (C=O) groups excluding carboxylic acids is 1. The van der Waals surface area contributed by atoms with Gasteiger partial charge in [-0.05, 0) is 37.6 Å². The number of hydrogen-bond acceptors (Lipinski definition) is 5. The molecule has 1 aromatic carbocycles. The standard InChI is InChI=1S/C17H21FN4O3S2/c1-3-21-11-14(16(23)19-13-4-5-15(18)12(2)10-13)17(20-21)27(24,25)22-6-8-26-9-7-22/h4-5,10-11H,3,6-9H2,1-2H3,(H,19,23). The summed E-state index contributed by atoms with van der Waals surface area (Å²) in [6.45, 7) is 4.62. The first-order valence-electron chi connectivity index (χ1n) is 8.55. The highest BCUT2D eigenvalue weighted by Gasteiger charge is 2.33. The molecule has 0 bridgehead atoms. The highest BCUT2D eigenvalue weighted by Crippen LogP contribution is 2.23. The van der Waals surface area contributed by atoms with E-state index in [1.807, 2.05) is 6.92 Å². The number of amides is 1. The van der Waals surface area contributed by atoms with Gasteiger partial charge in [0.2, 0.25) is 5.03 Å². The van der Waals surface area contributed by atoms with Gasteiger partial charge in [0.05, 0.1) is 5.56 Å². The van der Waals surface area contributed by atoms with E-state index < -0.39 is 15.9 Å². The lowest BCUT2D eigenvalue weighted by Gasteiger charge is -2.24. The molecule has 1 aliphatic heterocycles. The Labute approximate surface area is 162 Å². The number of benzene rings is 1. The molecule has 0 atom stereocenters. The number of rotatable bonds is 5. The summed E-state index contributed by atoms with van der Waals surface area (Å²) in [6, 6.07) is 4.18. The van der Waals surface area contributed by atoms with Crippen LogP contribution in [0.3, 0.4) is 0 Å². The van der Waals surface area contributed by atoms with E-state index in [2.05, 4.69) is 10.4 Å². The molecule has 146 valence electrons. The zero-order valence-electron chi connectivity index (χ0n) is 15.1. The van der Waals surface area contributed by atoms with E-state index in [-0.39, 0.29) is 16.4 Å². The van der Waals surface area contributed by atoms with Crippen LogP contribution in [0, 0.1) is 12.7 Å². The van der Waals surface area contributed by atoms with Crippen LogP contribution in [0.15, 0.2) is 29.4 Å². The van der Waals surface area contributed by atoms with Crippen molar-refractivity contribution in [3.8, 4) is 0 Å². The third kappa shape index (κ3) is 4.17. The van der Waals surface area contributed by atoms with Crippen LogP contribution in [0.2, 0.25) is 0 Å². The molecule has 7 nitrogen and oxygen atoms in total. The van der Waals surface area contributed by atoms with Crippen LogP contribution in [0.25, 0.3) is 0 Å². The Morgan fingerprint density at radius 3 is 2.67 bits per heavy atom. The molecule has 1 amide bonds. The highest BCUT2D eigenvalue weighted by atomic mass is 32.2. The van der Waals surface area contributed by atoms with Crippen LogP contribution in [0.4, 0.5) is 10.1 Å². The molecule has 0 spiro atoms. The zero-order chi connectivity index (χ0) is 19.6. The molecule has 0 unspecified atom stereocenters. The Morgan fingerprint density at radius 1 is 1.33 bits per heavy atom. The Balaban J connectivity index is 1.93. The average molecular weight is 413 g/mol. The van der Waals surface area contributed by atoms with Gasteiger partial charge in [-0.3, -0.25) is 9.48 Å². The summed E-state index contributed by atoms with van der Waals surface area (Å²) >= 11 is 1.69. The van der Waals surface area contributed by atoms with E-state index in [9.17, 15) is 17.6 Å². The van der Waals surface area contributed by atoms with E-state index >= 15 is 0 Å². The number of nitrogens with zero attached hydrogens (tertiary/aromatic N) is 3. The summed E-state index contributed by atoms with van der Waals surface area (Å²) in [5.41, 5.74) is 0.758. The molecule has 1 N–H and O–H groups in total. The van der Waals surface area contributed by atoms with Crippen LogP contribution in [0.5, 0.6) is 0 Å². The average Bonchev–Trinajstić information content (AvgIpc) is 3.11. The Kier molecular flexibility index (Phi) is 5.87. The molecular weight excluding hydrogens is 391 g/mol. The Hall–Kier alpha value is -1.91. The molecule has 1 aromatic heterocycles. The second-order valence-electron chi connectivity index (χ2n) is 6.14. The van der Waals surface area contributed by atoms with Crippen molar-refractivity contribution >= 4 is 33.4 Å². The second kappa shape index (κ2) is 7.99. The lowest BCUT2D eigenvalue weighted by molar-refractivity contribution is 0.102. The van der Waals surface area contributed by atoms with Crippen LogP contribution in [0.1, 0.15) is 22.8 Å². The van der Waals surface area contributed by atoms with E-state index in [1.165, 1.54) is 33.4 Å². The minimum absolute atomic E-state index is 0.0166. The number of nitrogens with one attached hydrogen (secondary N) is 1. The quantitative estimate of drug-likeness (QED) is 0.815. The van der Waals surface area contributed by atoms with Gasteiger partial charge in [0.25, 0.3) is 15.9 Å². The first-order valence-corrected chi connectivity index (χ1v) is 11.1. The van der Waals surface area contributed by atoms with Gasteiger partial charge in [0, 0.05) is 43.0 Å². The lowest BCUT2D eigenvalue weighted by atomic mass is 10.2. The molecule has 1 saturated heterocycles. The van der Waals surface area contributed by atoms with Crippen molar-refractivity contribution in [3.05, 3.63) is 41.3 Å². The van der Waals surface area contributed by atoms with Crippen molar-refractivity contribution in [1.29, 1.82) is 0 Å². The maximum Gasteiger partial charge on any atom is 0.263 e. The zero-order valence-corrected chi connectivity index (χ0v) is 16.7. The van der Waals surface area contributed by atoms with Gasteiger partial charge in [-0.1, -0.05) is 0 Å². The molecular formula is C17H21FN4O3S2. The molecule has 2 heterocycles. The minimum atomic E-state index is -3.87. The topological polar surface area (TPSA) is 84.3 Å². The van der Waals surface area contributed by atoms with Gasteiger partial charge in [0.15, 0.2) is 0 Å². The summed E-state index contributed by atoms with van der Waals surface area (Å²) in [5.74, 6) is 0.456. The third-order valence-electron chi connectivity index (χ3n) is 4.27. The number of aromatic nitrogens is 2. The fraction of sp³-hybridized carbons (Fsp3) is 0.412. The minimum Gasteiger partial charge on any atom is -0.322 e. The molecule has 0 radical (unpaired) electrons. The van der Waals surface area contributed by atoms with Crippen molar-refractivity contribution in [2.75, 3.05) is 29.9 Å². The predicted molar refractivity (Wildman–Crippen MR) is 103 cm³/mol. The monoisotopic (exact) mass is 412 g/mol. The third-order valence-corrected chi connectivity index (χ3v) is 7.04. The van der Waals surface area contributed by atoms with Gasteiger partial charge >= 0.3 is 0 Å². The maximum absolute atomic E-state index is 13.4. The number of halogens is 1. The molecule has 3 rings (SSSR count). The van der Waals surface area contributed by atoms with E-state index in [4.69, 9.17) is 0 Å². The SMILES string of the molecule is CCn1cc(C(=O)Nc2ccc(F)c(C)c2)c(S(=O)(=O)N2CCSCC2)n1. The summed E-state index contributed by atoms with van der Waals surface area (Å²) < 4.78 is 42.2. The van der Waals surface area contributed by atoms with Gasteiger partial charge in [-0.2, -0.15) is 21.2 Å². The number of hydrogen-bond donors (Lipinski definition) is 1. The molecule has 10 heteroatoms. The lowest BCUT2D eigenvalue weighted by Crippen LogP contribution is -2.38. The van der Waals surface area contributed by atoms with Crippen LogP contribution < -0.4 is 5.32 Å². The molecule has 27 heavy (non-hydrogen) atoms. The molecule has 2 aromatic rings. The van der Waals surface area contributed by atoms with Crippen molar-refractivity contribution in [1.82, 2.24) is 14.1 Å². The normalized spacial score (nSPS) is 15.7. The van der Waals surface area contributed by atoms with Crippen molar-refractivity contribution < 1.29 is 17.6 Å².